The molecule has 4 heteroatoms. The van der Waals surface area contributed by atoms with Crippen LogP contribution in [0.4, 0.5) is 0 Å². The number of amides is 1. The molecule has 1 amide bonds. The molecule has 0 fully saturated rings. The van der Waals surface area contributed by atoms with E-state index in [9.17, 15) is 4.79 Å². The molecule has 1 aromatic carbocycles. The Labute approximate surface area is 114 Å². The Morgan fingerprint density at radius 3 is 2.78 bits per heavy atom. The normalized spacial score (nSPS) is 10.4. The number of hydrogen-bond donors (Lipinski definition) is 1. The van der Waals surface area contributed by atoms with Gasteiger partial charge in [0, 0.05) is 24.9 Å². The van der Waals surface area contributed by atoms with E-state index >= 15 is 0 Å². The zero-order chi connectivity index (χ0) is 13.4. The third kappa shape index (κ3) is 4.35. The Bertz CT molecular complexity index is 382. The van der Waals surface area contributed by atoms with Crippen molar-refractivity contribution in [1.82, 2.24) is 10.2 Å². The number of rotatable bonds is 7. The van der Waals surface area contributed by atoms with Gasteiger partial charge in [0.1, 0.15) is 0 Å². The van der Waals surface area contributed by atoms with E-state index in [0.29, 0.717) is 0 Å². The van der Waals surface area contributed by atoms with Gasteiger partial charge in [0.05, 0.1) is 0 Å². The van der Waals surface area contributed by atoms with Crippen LogP contribution in [-0.2, 0) is 6.42 Å². The summed E-state index contributed by atoms with van der Waals surface area (Å²) in [4.78, 5) is 14.1. The summed E-state index contributed by atoms with van der Waals surface area (Å²) in [6.07, 6.45) is 2.94. The van der Waals surface area contributed by atoms with Gasteiger partial charge in [0.2, 0.25) is 0 Å². The van der Waals surface area contributed by atoms with Crippen LogP contribution in [0.2, 0.25) is 0 Å². The third-order valence-electron chi connectivity index (χ3n) is 2.87. The maximum Gasteiger partial charge on any atom is 0.253 e. The number of nitrogens with zero attached hydrogens (tertiary/aromatic N) is 1. The van der Waals surface area contributed by atoms with Gasteiger partial charge in [0.15, 0.2) is 0 Å². The first kappa shape index (κ1) is 15.1. The Hall–Kier alpha value is -1.00. The lowest BCUT2D eigenvalue weighted by Crippen LogP contribution is -2.30. The topological polar surface area (TPSA) is 32.3 Å². The second-order valence-electron chi connectivity index (χ2n) is 4.23. The minimum atomic E-state index is 0.121. The van der Waals surface area contributed by atoms with Crippen LogP contribution in [0.5, 0.6) is 0 Å². The molecule has 0 bridgehead atoms. The molecule has 0 atom stereocenters. The maximum atomic E-state index is 12.3. The number of benzene rings is 1. The molecule has 0 aliphatic heterocycles. The lowest BCUT2D eigenvalue weighted by atomic mass is 10.0. The number of thioether (sulfide) groups is 1. The van der Waals surface area contributed by atoms with Crippen LogP contribution in [0.1, 0.15) is 15.9 Å². The van der Waals surface area contributed by atoms with E-state index in [-0.39, 0.29) is 5.91 Å². The summed E-state index contributed by atoms with van der Waals surface area (Å²) in [7, 11) is 3.79. The van der Waals surface area contributed by atoms with Crippen molar-refractivity contribution in [1.29, 1.82) is 0 Å². The molecule has 0 aromatic heterocycles. The zero-order valence-electron chi connectivity index (χ0n) is 11.4. The summed E-state index contributed by atoms with van der Waals surface area (Å²) in [5.74, 6) is 1.09. The standard InChI is InChI=1S/C14H22N2OS/c1-15-9-8-12-6-4-5-7-13(12)14(17)16(2)10-11-18-3/h4-7,15H,8-11H2,1-3H3. The van der Waals surface area contributed by atoms with Crippen LogP contribution in [0.15, 0.2) is 24.3 Å². The number of nitrogens with one attached hydrogen (secondary N) is 1. The van der Waals surface area contributed by atoms with Crippen molar-refractivity contribution in [2.45, 2.75) is 6.42 Å². The molecular formula is C14H22N2OS. The maximum absolute atomic E-state index is 12.3. The highest BCUT2D eigenvalue weighted by Crippen LogP contribution is 2.12. The minimum Gasteiger partial charge on any atom is -0.341 e. The molecule has 0 saturated carbocycles. The molecule has 3 nitrogen and oxygen atoms in total. The summed E-state index contributed by atoms with van der Waals surface area (Å²) in [6.45, 7) is 1.68. The van der Waals surface area contributed by atoms with Gasteiger partial charge in [-0.15, -0.1) is 0 Å². The number of hydrogen-bond acceptors (Lipinski definition) is 3. The summed E-state index contributed by atoms with van der Waals surface area (Å²) >= 11 is 1.76. The molecule has 0 aliphatic rings. The van der Waals surface area contributed by atoms with Gasteiger partial charge in [-0.3, -0.25) is 4.79 Å². The van der Waals surface area contributed by atoms with E-state index in [1.54, 1.807) is 16.7 Å². The van der Waals surface area contributed by atoms with Crippen molar-refractivity contribution < 1.29 is 4.79 Å². The molecule has 18 heavy (non-hydrogen) atoms. The van der Waals surface area contributed by atoms with Crippen molar-refractivity contribution in [2.24, 2.45) is 0 Å². The van der Waals surface area contributed by atoms with E-state index in [2.05, 4.69) is 11.6 Å². The van der Waals surface area contributed by atoms with Crippen molar-refractivity contribution in [2.75, 3.05) is 39.2 Å². The fourth-order valence-electron chi connectivity index (χ4n) is 1.74. The van der Waals surface area contributed by atoms with Gasteiger partial charge in [0.25, 0.3) is 5.91 Å². The van der Waals surface area contributed by atoms with E-state index < -0.39 is 0 Å². The first-order valence-corrected chi connectivity index (χ1v) is 7.57. The summed E-state index contributed by atoms with van der Waals surface area (Å²) in [5.41, 5.74) is 1.95. The molecule has 0 aliphatic carbocycles. The number of carbonyl (C=O) groups excluding carboxylic acids is 1. The summed E-state index contributed by atoms with van der Waals surface area (Å²) in [6, 6.07) is 7.87. The van der Waals surface area contributed by atoms with Crippen LogP contribution < -0.4 is 5.32 Å². The van der Waals surface area contributed by atoms with Crippen LogP contribution in [0, 0.1) is 0 Å². The Kier molecular flexibility index (Phi) is 6.83. The van der Waals surface area contributed by atoms with Crippen LogP contribution in [0.3, 0.4) is 0 Å². The fourth-order valence-corrected chi connectivity index (χ4v) is 2.20. The van der Waals surface area contributed by atoms with E-state index in [0.717, 1.165) is 36.4 Å². The summed E-state index contributed by atoms with van der Waals surface area (Å²) in [5, 5.41) is 3.12. The van der Waals surface area contributed by atoms with Crippen molar-refractivity contribution in [3.05, 3.63) is 35.4 Å². The molecule has 0 spiro atoms. The van der Waals surface area contributed by atoms with Gasteiger partial charge < -0.3 is 10.2 Å². The van der Waals surface area contributed by atoms with E-state index in [4.69, 9.17) is 0 Å². The minimum absolute atomic E-state index is 0.121. The highest BCUT2D eigenvalue weighted by molar-refractivity contribution is 7.98. The molecule has 0 heterocycles. The fraction of sp³-hybridized carbons (Fsp3) is 0.500. The predicted molar refractivity (Wildman–Crippen MR) is 79.4 cm³/mol. The second-order valence-corrected chi connectivity index (χ2v) is 5.22. The molecule has 0 radical (unpaired) electrons. The van der Waals surface area contributed by atoms with E-state index in [1.165, 1.54) is 0 Å². The van der Waals surface area contributed by atoms with Crippen molar-refractivity contribution in [3.63, 3.8) is 0 Å². The first-order chi connectivity index (χ1) is 8.70. The van der Waals surface area contributed by atoms with Gasteiger partial charge in [-0.1, -0.05) is 18.2 Å². The lowest BCUT2D eigenvalue weighted by Gasteiger charge is -2.18. The van der Waals surface area contributed by atoms with Crippen molar-refractivity contribution >= 4 is 17.7 Å². The van der Waals surface area contributed by atoms with Gasteiger partial charge in [-0.2, -0.15) is 11.8 Å². The van der Waals surface area contributed by atoms with E-state index in [1.807, 2.05) is 38.4 Å². The highest BCUT2D eigenvalue weighted by Gasteiger charge is 2.14. The summed E-state index contributed by atoms with van der Waals surface area (Å²) < 4.78 is 0. The Balaban J connectivity index is 2.77. The van der Waals surface area contributed by atoms with Crippen molar-refractivity contribution in [3.8, 4) is 0 Å². The average molecular weight is 266 g/mol. The molecule has 0 saturated heterocycles. The molecule has 0 unspecified atom stereocenters. The SMILES string of the molecule is CNCCc1ccccc1C(=O)N(C)CCSC. The lowest BCUT2D eigenvalue weighted by molar-refractivity contribution is 0.0802. The molecule has 1 N–H and O–H groups in total. The van der Waals surface area contributed by atoms with Gasteiger partial charge >= 0.3 is 0 Å². The smallest absolute Gasteiger partial charge is 0.253 e. The predicted octanol–water partition coefficient (Wildman–Crippen LogP) is 1.88. The van der Waals surface area contributed by atoms with Crippen LogP contribution in [0.25, 0.3) is 0 Å². The number of likely N-dealkylation sites (N-methyl/N-ethyl adjacent to an activating group) is 1. The zero-order valence-corrected chi connectivity index (χ0v) is 12.2. The Morgan fingerprint density at radius 2 is 2.11 bits per heavy atom. The average Bonchev–Trinajstić information content (AvgIpc) is 2.42. The van der Waals surface area contributed by atoms with Crippen LogP contribution in [-0.4, -0.2) is 50.0 Å². The van der Waals surface area contributed by atoms with Gasteiger partial charge in [-0.05, 0) is 37.9 Å². The first-order valence-electron chi connectivity index (χ1n) is 6.17. The second kappa shape index (κ2) is 8.16. The van der Waals surface area contributed by atoms with Crippen LogP contribution >= 0.6 is 11.8 Å². The monoisotopic (exact) mass is 266 g/mol. The molecule has 100 valence electrons. The number of carbonyl (C=O) groups is 1. The molecule has 1 aromatic rings. The van der Waals surface area contributed by atoms with Gasteiger partial charge in [-0.25, -0.2) is 0 Å². The largest absolute Gasteiger partial charge is 0.341 e. The molecular weight excluding hydrogens is 244 g/mol. The third-order valence-corrected chi connectivity index (χ3v) is 3.46. The quantitative estimate of drug-likeness (QED) is 0.818. The molecule has 1 rings (SSSR count). The highest BCUT2D eigenvalue weighted by atomic mass is 32.2. The Morgan fingerprint density at radius 1 is 1.39 bits per heavy atom.